The van der Waals surface area contributed by atoms with Gasteiger partial charge in [-0.15, -0.1) is 0 Å². The van der Waals surface area contributed by atoms with E-state index in [4.69, 9.17) is 48.1 Å². The standard InChI is InChI=1S/C25H21N3.C24H18BrN3.C24H17Cl2N3.C24H17N5O4.C24H17N3/c1-16-9-8-12-19(15-16)24-23(18-10-4-3-5-11-18)27-25(28-24)22-17(2)26-21-14-7-6-13-20(21)22;1-15-21(19-9-5-6-10-20(19)26-15)24-27-22(16-7-3-2-4-8-16)23(28-24)17-11-13-18(25)14-12-17;1-14-21(19-4-2-3-5-20(19)27-14)24-28-22(15-6-10-17(25)11-7-15)23(29-24)16-8-12-18(26)13-9-16;1-14-21(19-4-2-3-5-20(19)25-14)24-26-22(15-6-10-17(11-7-15)28(30)31)23(27-24)16-8-12-18(13-9-16)29(32)33;1-14-21(19-12-6-7-13-20(19)25-14)24-26-22-17-10-4-2-8-15(17)16-9-3-5-11-18(16)23(22)27-24/h3-15,26H,1-2H3,(H,27,28);2-14,26H,1H3,(H,27,28);2-13,27H,1H3,(H,28,29);2-13,25H,1H3,(H,26,27);2-13,25H,1H3,(H,26,27). The fraction of sp³-hybridized carbons (Fsp3) is 0.0496. The summed E-state index contributed by atoms with van der Waals surface area (Å²) in [6.07, 6.45) is 0. The molecule has 0 spiro atoms. The average molecular weight is 2000 g/mol. The Morgan fingerprint density at radius 3 is 0.848 bits per heavy atom. The minimum atomic E-state index is -0.452. The molecular weight excluding hydrogens is 1910 g/mol. The number of hydrogen-bond acceptors (Lipinski definition) is 9. The summed E-state index contributed by atoms with van der Waals surface area (Å²) in [5.41, 5.74) is 34.6. The van der Waals surface area contributed by atoms with E-state index in [2.05, 4.69) is 313 Å². The number of aromatic nitrogens is 15. The van der Waals surface area contributed by atoms with E-state index in [1.807, 2.05) is 122 Å². The zero-order chi connectivity index (χ0) is 99.2. The van der Waals surface area contributed by atoms with E-state index in [0.717, 1.165) is 201 Å². The van der Waals surface area contributed by atoms with E-state index in [1.165, 1.54) is 67.5 Å². The van der Waals surface area contributed by atoms with Crippen molar-refractivity contribution in [2.75, 3.05) is 0 Å². The smallest absolute Gasteiger partial charge is 0.269 e. The Bertz CT molecular complexity index is 9160. The zero-order valence-corrected chi connectivity index (χ0v) is 82.3. The highest BCUT2D eigenvalue weighted by atomic mass is 79.9. The Morgan fingerprint density at radius 2 is 0.497 bits per heavy atom. The lowest BCUT2D eigenvalue weighted by atomic mass is 10.0. The highest BCUT2D eigenvalue weighted by molar-refractivity contribution is 9.10. The number of nitro groups is 2. The van der Waals surface area contributed by atoms with E-state index in [0.29, 0.717) is 38.4 Å². The molecule has 21 nitrogen and oxygen atoms in total. The van der Waals surface area contributed by atoms with E-state index >= 15 is 0 Å². The zero-order valence-electron chi connectivity index (χ0n) is 79.2. The maximum absolute atomic E-state index is 11.1. The predicted octanol–water partition coefficient (Wildman–Crippen LogP) is 33.3. The first-order valence-electron chi connectivity index (χ1n) is 47.3. The topological polar surface area (TPSA) is 309 Å². The van der Waals surface area contributed by atoms with E-state index < -0.39 is 9.85 Å². The second-order valence-corrected chi connectivity index (χ2v) is 37.5. The van der Waals surface area contributed by atoms with Crippen LogP contribution in [-0.2, 0) is 0 Å². The number of halogens is 3. The summed E-state index contributed by atoms with van der Waals surface area (Å²) in [6.45, 7) is 12.5. The van der Waals surface area contributed by atoms with E-state index in [9.17, 15) is 20.2 Å². The lowest BCUT2D eigenvalue weighted by molar-refractivity contribution is -0.385. The van der Waals surface area contributed by atoms with Gasteiger partial charge in [-0.25, -0.2) is 24.9 Å². The number of rotatable bonds is 15. The second kappa shape index (κ2) is 39.2. The minimum absolute atomic E-state index is 0.0113. The van der Waals surface area contributed by atoms with Crippen LogP contribution < -0.4 is 0 Å². The van der Waals surface area contributed by atoms with Crippen LogP contribution in [0.3, 0.4) is 0 Å². The summed E-state index contributed by atoms with van der Waals surface area (Å²) in [4.78, 5) is 81.4. The Morgan fingerprint density at radius 1 is 0.241 bits per heavy atom. The van der Waals surface area contributed by atoms with Crippen LogP contribution in [0.4, 0.5) is 11.4 Å². The van der Waals surface area contributed by atoms with Gasteiger partial charge in [-0.3, -0.25) is 20.2 Å². The van der Waals surface area contributed by atoms with Crippen molar-refractivity contribution in [1.82, 2.24) is 74.8 Å². The number of non-ortho nitro benzene ring substituents is 2. The SMILES string of the molecule is Cc1[nH]c2ccccc2c1-c1nc(-c2ccc(Cl)cc2)c(-c2ccc(Cl)cc2)[nH]1.Cc1[nH]c2ccccc2c1-c1nc(-c2ccc([N+](=O)[O-])cc2)c(-c2ccc([N+](=O)[O-])cc2)[nH]1.Cc1[nH]c2ccccc2c1-c1nc(-c2ccccc2)c(-c2ccc(Br)cc2)[nH]1.Cc1[nH]c2ccccc2c1-c1nc2c3ccccc3c3ccccc3c2[nH]1.Cc1cccc(-c2nc(-c3c(C)[nH]c4ccccc34)[nH]c2-c2ccccc2)c1. The van der Waals surface area contributed by atoms with Gasteiger partial charge in [0.25, 0.3) is 11.4 Å². The molecule has 0 aliphatic rings. The Hall–Kier alpha value is -18.1. The lowest BCUT2D eigenvalue weighted by Gasteiger charge is -2.05. The summed E-state index contributed by atoms with van der Waals surface area (Å²) < 4.78 is 1.06. The lowest BCUT2D eigenvalue weighted by Crippen LogP contribution is -1.89. The van der Waals surface area contributed by atoms with Crippen molar-refractivity contribution in [3.05, 3.63) is 445 Å². The molecule has 0 amide bonds. The largest absolute Gasteiger partial charge is 0.358 e. The molecule has 10 heterocycles. The fourth-order valence-corrected chi connectivity index (χ4v) is 20.1. The van der Waals surface area contributed by atoms with E-state index in [-0.39, 0.29) is 11.4 Å². The summed E-state index contributed by atoms with van der Waals surface area (Å²) in [7, 11) is 0. The number of aromatic amines is 10. The highest BCUT2D eigenvalue weighted by Gasteiger charge is 2.27. The molecule has 145 heavy (non-hydrogen) atoms. The summed E-state index contributed by atoms with van der Waals surface area (Å²) in [5, 5.41) is 34.2. The molecule has 24 heteroatoms. The van der Waals surface area contributed by atoms with Crippen molar-refractivity contribution in [3.63, 3.8) is 0 Å². The third-order valence-corrected chi connectivity index (χ3v) is 27.4. The van der Waals surface area contributed by atoms with Gasteiger partial charge in [-0.05, 0) is 149 Å². The van der Waals surface area contributed by atoms with Crippen LogP contribution in [0.15, 0.2) is 381 Å². The molecule has 0 aliphatic carbocycles. The number of aryl methyl sites for hydroxylation is 6. The van der Waals surface area contributed by atoms with Gasteiger partial charge < -0.3 is 49.8 Å². The van der Waals surface area contributed by atoms with Crippen molar-refractivity contribution in [2.24, 2.45) is 0 Å². The minimum Gasteiger partial charge on any atom is -0.358 e. The van der Waals surface area contributed by atoms with Gasteiger partial charge in [-0.2, -0.15) is 0 Å². The van der Waals surface area contributed by atoms with Crippen molar-refractivity contribution < 1.29 is 9.85 Å². The Balaban J connectivity index is 0.000000103. The first-order chi connectivity index (χ1) is 70.7. The molecule has 0 saturated heterocycles. The third-order valence-electron chi connectivity index (χ3n) is 26.3. The van der Waals surface area contributed by atoms with Crippen LogP contribution >= 0.6 is 39.1 Å². The molecule has 0 saturated carbocycles. The van der Waals surface area contributed by atoms with Crippen molar-refractivity contribution in [2.45, 2.75) is 41.5 Å². The summed E-state index contributed by atoms with van der Waals surface area (Å²) >= 11 is 15.7. The van der Waals surface area contributed by atoms with Gasteiger partial charge in [0.05, 0.1) is 66.4 Å². The van der Waals surface area contributed by atoms with Crippen molar-refractivity contribution in [1.29, 1.82) is 0 Å². The first kappa shape index (κ1) is 92.0. The number of benzene rings is 16. The maximum atomic E-state index is 11.1. The fourth-order valence-electron chi connectivity index (χ4n) is 19.6. The van der Waals surface area contributed by atoms with Crippen LogP contribution in [0.25, 0.3) is 234 Å². The molecule has 0 atom stereocenters. The van der Waals surface area contributed by atoms with Gasteiger partial charge in [0, 0.05) is 205 Å². The van der Waals surface area contributed by atoms with E-state index in [1.54, 1.807) is 24.3 Å². The molecule has 16 aromatic carbocycles. The van der Waals surface area contributed by atoms with Gasteiger partial charge >= 0.3 is 0 Å². The van der Waals surface area contributed by atoms with Gasteiger partial charge in [0.2, 0.25) is 0 Å². The molecule has 26 rings (SSSR count). The number of nitro benzene ring substituents is 2. The van der Waals surface area contributed by atoms with Crippen LogP contribution in [-0.4, -0.2) is 84.6 Å². The Kier molecular flexibility index (Phi) is 24.9. The van der Waals surface area contributed by atoms with Gasteiger partial charge in [-0.1, -0.05) is 299 Å². The number of imidazole rings is 5. The number of hydrogen-bond donors (Lipinski definition) is 10. The monoisotopic (exact) mass is 1990 g/mol. The average Bonchev–Trinajstić information content (AvgIpc) is 1.60. The normalized spacial score (nSPS) is 11.3. The molecule has 704 valence electrons. The molecule has 0 bridgehead atoms. The number of nitrogens with one attached hydrogen (secondary N) is 10. The third kappa shape index (κ3) is 18.1. The van der Waals surface area contributed by atoms with Crippen LogP contribution in [0.1, 0.15) is 34.0 Å². The quantitative estimate of drug-likeness (QED) is 0.0265. The molecule has 0 unspecified atom stereocenters. The molecule has 0 fully saturated rings. The van der Waals surface area contributed by atoms with Gasteiger partial charge in [0.15, 0.2) is 0 Å². The summed E-state index contributed by atoms with van der Waals surface area (Å²) in [6, 6.07) is 124. The van der Waals surface area contributed by atoms with Crippen LogP contribution in [0.2, 0.25) is 10.0 Å². The number of nitrogens with zero attached hydrogens (tertiary/aromatic N) is 7. The Labute approximate surface area is 849 Å². The number of fused-ring (bicyclic) bond motifs is 11. The number of H-pyrrole nitrogens is 10. The number of para-hydroxylation sites is 5. The first-order valence-corrected chi connectivity index (χ1v) is 48.8. The molecule has 26 aromatic rings. The van der Waals surface area contributed by atoms with Crippen LogP contribution in [0.5, 0.6) is 0 Å². The maximum Gasteiger partial charge on any atom is 0.269 e. The van der Waals surface area contributed by atoms with Gasteiger partial charge in [0.1, 0.15) is 29.1 Å². The molecule has 0 aliphatic heterocycles. The van der Waals surface area contributed by atoms with Crippen molar-refractivity contribution in [3.8, 4) is 147 Å². The predicted molar refractivity (Wildman–Crippen MR) is 595 cm³/mol. The highest BCUT2D eigenvalue weighted by Crippen LogP contribution is 2.46. The van der Waals surface area contributed by atoms with Crippen LogP contribution in [0, 0.1) is 61.8 Å². The summed E-state index contributed by atoms with van der Waals surface area (Å²) in [5.74, 6) is 4.15. The van der Waals surface area contributed by atoms with Crippen molar-refractivity contribution >= 4 is 138 Å². The second-order valence-electron chi connectivity index (χ2n) is 35.7. The molecule has 0 radical (unpaired) electrons. The molecule has 10 N–H and O–H groups in total. The molecular formula is C121H90BrCl2N17O4. The molecule has 10 aromatic heterocycles.